The van der Waals surface area contributed by atoms with Crippen molar-refractivity contribution in [2.45, 2.75) is 104 Å². The first-order chi connectivity index (χ1) is 21.8. The second kappa shape index (κ2) is 15.0. The average Bonchev–Trinajstić information content (AvgIpc) is 3.48. The zero-order valence-corrected chi connectivity index (χ0v) is 28.8. The molecule has 46 heavy (non-hydrogen) atoms. The van der Waals surface area contributed by atoms with Gasteiger partial charge in [0.1, 0.15) is 30.2 Å². The van der Waals surface area contributed by atoms with Gasteiger partial charge in [-0.2, -0.15) is 4.98 Å². The lowest BCUT2D eigenvalue weighted by Crippen LogP contribution is -2.53. The third-order valence-electron chi connectivity index (χ3n) is 8.08. The number of anilines is 1. The van der Waals surface area contributed by atoms with Crippen molar-refractivity contribution in [2.75, 3.05) is 25.0 Å². The van der Waals surface area contributed by atoms with E-state index in [1.54, 1.807) is 42.3 Å². The van der Waals surface area contributed by atoms with E-state index in [0.717, 1.165) is 0 Å². The normalized spacial score (nSPS) is 22.9. The number of aryl methyl sites for hydroxylation is 1. The Balaban J connectivity index is 1.74. The molecule has 3 amide bonds. The van der Waals surface area contributed by atoms with E-state index in [1.165, 1.54) is 4.57 Å². The molecule has 3 heterocycles. The third kappa shape index (κ3) is 7.42. The van der Waals surface area contributed by atoms with Crippen LogP contribution in [0.1, 0.15) is 77.0 Å². The van der Waals surface area contributed by atoms with Crippen LogP contribution in [-0.4, -0.2) is 86.6 Å². The molecule has 1 aromatic heterocycles. The van der Waals surface area contributed by atoms with E-state index in [-0.39, 0.29) is 55.6 Å². The number of nitrogens with one attached hydrogen (secondary N) is 2. The van der Waals surface area contributed by atoms with Crippen molar-refractivity contribution in [3.05, 3.63) is 69.6 Å². The standard InChI is InChI=1S/C32H46N7O6P/c1-10-32-19-38(30(41)34-20(2)3)25(26(32)45-46(43-17-16-33-9)39(21(4)5)22(6)7)29(44-32)37-18-23(8)27(36-31(37)42)35-28(40)24-14-12-11-13-15-24/h11-15,18,20-22,25-26,29H,10,16-17,19H2,1-8H3,(H,34,41)(H,35,36,40,42)/t25-,26+,29-,32+,46?/m1/s1. The second-order valence-corrected chi connectivity index (χ2v) is 13.9. The number of carbonyl (C=O) groups excluding carboxylic acids is 2. The lowest BCUT2D eigenvalue weighted by atomic mass is 9.96. The largest absolute Gasteiger partial charge is 0.351 e. The van der Waals surface area contributed by atoms with Gasteiger partial charge in [0, 0.05) is 35.4 Å². The third-order valence-corrected chi connectivity index (χ3v) is 10.2. The number of carbonyl (C=O) groups is 2. The van der Waals surface area contributed by atoms with E-state index >= 15 is 0 Å². The van der Waals surface area contributed by atoms with E-state index < -0.39 is 38.2 Å². The van der Waals surface area contributed by atoms with Gasteiger partial charge in [-0.25, -0.2) is 20.8 Å². The number of ether oxygens (including phenoxy) is 1. The number of urea groups is 1. The van der Waals surface area contributed by atoms with Crippen molar-refractivity contribution in [3.63, 3.8) is 0 Å². The van der Waals surface area contributed by atoms with Crippen LogP contribution in [-0.2, 0) is 13.8 Å². The zero-order chi connectivity index (χ0) is 33.8. The van der Waals surface area contributed by atoms with E-state index in [9.17, 15) is 14.4 Å². The molecule has 1 aromatic carbocycles. The first-order valence-electron chi connectivity index (χ1n) is 15.8. The summed E-state index contributed by atoms with van der Waals surface area (Å²) in [7, 11) is -1.67. The highest BCUT2D eigenvalue weighted by Gasteiger charge is 2.66. The molecule has 250 valence electrons. The maximum Gasteiger partial charge on any atom is 0.351 e. The van der Waals surface area contributed by atoms with Gasteiger partial charge in [-0.15, -0.1) is 0 Å². The number of aromatic nitrogens is 2. The molecule has 2 aliphatic rings. The Kier molecular flexibility index (Phi) is 11.6. The van der Waals surface area contributed by atoms with Crippen molar-refractivity contribution >= 4 is 26.3 Å². The van der Waals surface area contributed by atoms with Gasteiger partial charge in [-0.1, -0.05) is 25.1 Å². The van der Waals surface area contributed by atoms with Crippen LogP contribution in [0.5, 0.6) is 0 Å². The first-order valence-corrected chi connectivity index (χ1v) is 16.9. The van der Waals surface area contributed by atoms with Crippen LogP contribution in [0, 0.1) is 13.5 Å². The van der Waals surface area contributed by atoms with E-state index in [4.69, 9.17) is 20.4 Å². The molecule has 2 fully saturated rings. The number of amides is 3. The van der Waals surface area contributed by atoms with E-state index in [2.05, 4.69) is 52.8 Å². The minimum Gasteiger partial charge on any atom is -0.344 e. The van der Waals surface area contributed by atoms with Gasteiger partial charge in [0.25, 0.3) is 14.4 Å². The van der Waals surface area contributed by atoms with Crippen molar-refractivity contribution in [1.29, 1.82) is 0 Å². The molecule has 0 saturated carbocycles. The molecule has 0 aliphatic carbocycles. The summed E-state index contributed by atoms with van der Waals surface area (Å²) in [6, 6.07) is 7.72. The topological polar surface area (TPSA) is 132 Å². The summed E-state index contributed by atoms with van der Waals surface area (Å²) < 4.78 is 23.3. The fourth-order valence-corrected chi connectivity index (χ4v) is 7.83. The molecule has 0 spiro atoms. The molecule has 13 nitrogen and oxygen atoms in total. The summed E-state index contributed by atoms with van der Waals surface area (Å²) in [6.45, 7) is 23.6. The lowest BCUT2D eigenvalue weighted by Gasteiger charge is -2.38. The monoisotopic (exact) mass is 655 g/mol. The Hall–Kier alpha value is -3.40. The number of fused-ring (bicyclic) bond motifs is 2. The molecule has 5 atom stereocenters. The number of rotatable bonds is 13. The van der Waals surface area contributed by atoms with Crippen LogP contribution >= 0.6 is 8.53 Å². The Morgan fingerprint density at radius 3 is 2.46 bits per heavy atom. The number of benzene rings is 1. The molecule has 2 aromatic rings. The van der Waals surface area contributed by atoms with Crippen molar-refractivity contribution in [3.8, 4) is 0 Å². The highest BCUT2D eigenvalue weighted by atomic mass is 31.2. The summed E-state index contributed by atoms with van der Waals surface area (Å²) in [5.41, 5.74) is -0.595. The Bertz CT molecular complexity index is 1470. The van der Waals surface area contributed by atoms with Crippen LogP contribution < -0.4 is 16.3 Å². The van der Waals surface area contributed by atoms with Crippen LogP contribution in [0.2, 0.25) is 0 Å². The van der Waals surface area contributed by atoms with Crippen LogP contribution in [0.3, 0.4) is 0 Å². The smallest absolute Gasteiger partial charge is 0.344 e. The van der Waals surface area contributed by atoms with Crippen molar-refractivity contribution in [1.82, 2.24) is 24.4 Å². The summed E-state index contributed by atoms with van der Waals surface area (Å²) in [5, 5.41) is 5.72. The minimum atomic E-state index is -1.67. The number of nitrogens with zero attached hydrogens (tertiary/aromatic N) is 5. The SMILES string of the molecule is [C-]#[N+]CCOP(O[C@H]1[C@@H]2[C@H](n3cc(C)c(NC(=O)c4ccccc4)nc3=O)O[C@@]1(CC)CN2C(=O)NC(C)C)N(C(C)C)C(C)C. The molecule has 2 bridgehead atoms. The Morgan fingerprint density at radius 1 is 1.20 bits per heavy atom. The molecule has 0 radical (unpaired) electrons. The summed E-state index contributed by atoms with van der Waals surface area (Å²) in [4.78, 5) is 49.4. The first kappa shape index (κ1) is 35.5. The Labute approximate surface area is 272 Å². The maximum absolute atomic E-state index is 13.6. The number of morpholine rings is 1. The number of hydrogen-bond donors (Lipinski definition) is 2. The Morgan fingerprint density at radius 2 is 1.87 bits per heavy atom. The molecule has 2 N–H and O–H groups in total. The number of hydrogen-bond acceptors (Lipinski definition) is 8. The molecule has 2 saturated heterocycles. The predicted molar refractivity (Wildman–Crippen MR) is 176 cm³/mol. The fourth-order valence-electron chi connectivity index (χ4n) is 6.02. The molecular formula is C32H46N7O6P. The minimum absolute atomic E-state index is 0.0702. The van der Waals surface area contributed by atoms with Gasteiger partial charge >= 0.3 is 11.7 Å². The van der Waals surface area contributed by atoms with Crippen LogP contribution in [0.25, 0.3) is 4.85 Å². The van der Waals surface area contributed by atoms with Gasteiger partial charge in [0.15, 0.2) is 6.23 Å². The van der Waals surface area contributed by atoms with Gasteiger partial charge in [-0.3, -0.25) is 9.36 Å². The molecular weight excluding hydrogens is 609 g/mol. The molecule has 14 heteroatoms. The summed E-state index contributed by atoms with van der Waals surface area (Å²) in [6.07, 6.45) is 0.533. The second-order valence-electron chi connectivity index (χ2n) is 12.5. The molecule has 1 unspecified atom stereocenters. The highest BCUT2D eigenvalue weighted by molar-refractivity contribution is 7.44. The lowest BCUT2D eigenvalue weighted by molar-refractivity contribution is -0.129. The van der Waals surface area contributed by atoms with Crippen LogP contribution in [0.4, 0.5) is 10.6 Å². The van der Waals surface area contributed by atoms with Crippen molar-refractivity contribution < 1.29 is 23.4 Å². The van der Waals surface area contributed by atoms with Gasteiger partial charge < -0.3 is 34.2 Å². The van der Waals surface area contributed by atoms with E-state index in [1.807, 2.05) is 26.8 Å². The quantitative estimate of drug-likeness (QED) is 0.176. The zero-order valence-electron chi connectivity index (χ0n) is 27.9. The van der Waals surface area contributed by atoms with Crippen molar-refractivity contribution in [2.24, 2.45) is 0 Å². The molecule has 4 rings (SSSR count). The fraction of sp³-hybridized carbons (Fsp3) is 0.594. The van der Waals surface area contributed by atoms with Crippen LogP contribution in [0.15, 0.2) is 41.3 Å². The average molecular weight is 656 g/mol. The van der Waals surface area contributed by atoms with E-state index in [0.29, 0.717) is 17.5 Å². The van der Waals surface area contributed by atoms with Gasteiger partial charge in [-0.05, 0) is 67.0 Å². The number of likely N-dealkylation sites (tertiary alicyclic amines) is 1. The van der Waals surface area contributed by atoms with Gasteiger partial charge in [0.2, 0.25) is 6.54 Å². The van der Waals surface area contributed by atoms with Gasteiger partial charge in [0.05, 0.1) is 6.54 Å². The summed E-state index contributed by atoms with van der Waals surface area (Å²) in [5.74, 6) is -0.238. The summed E-state index contributed by atoms with van der Waals surface area (Å²) >= 11 is 0. The maximum atomic E-state index is 13.6. The molecule has 2 aliphatic heterocycles. The highest BCUT2D eigenvalue weighted by Crippen LogP contribution is 2.56. The predicted octanol–water partition coefficient (Wildman–Crippen LogP) is 4.95.